The molecule has 2 aromatic carbocycles. The molecule has 174 valence electrons. The first-order chi connectivity index (χ1) is 16.0. The van der Waals surface area contributed by atoms with E-state index in [0.717, 1.165) is 22.3 Å². The molecule has 0 saturated carbocycles. The van der Waals surface area contributed by atoms with E-state index >= 15 is 0 Å². The quantitative estimate of drug-likeness (QED) is 0.669. The fourth-order valence-corrected chi connectivity index (χ4v) is 4.50. The Morgan fingerprint density at radius 3 is 2.39 bits per heavy atom. The van der Waals surface area contributed by atoms with E-state index in [1.165, 1.54) is 4.90 Å². The van der Waals surface area contributed by atoms with Crippen molar-refractivity contribution in [2.75, 3.05) is 26.4 Å². The highest BCUT2D eigenvalue weighted by Crippen LogP contribution is 2.44. The van der Waals surface area contributed by atoms with Gasteiger partial charge in [0.1, 0.15) is 6.61 Å². The van der Waals surface area contributed by atoms with Crippen LogP contribution >= 0.6 is 0 Å². The number of rotatable bonds is 7. The van der Waals surface area contributed by atoms with Crippen LogP contribution in [0.25, 0.3) is 11.1 Å². The van der Waals surface area contributed by atoms with Crippen molar-refractivity contribution in [3.8, 4) is 11.1 Å². The van der Waals surface area contributed by atoms with Crippen molar-refractivity contribution in [3.05, 3.63) is 59.7 Å². The first kappa shape index (κ1) is 22.8. The standard InChI is InChI=1S/C25H28N2O6/c1-16(10-11-23(28)27-12-13-32-15-22(27)24(29)30)26-25(31)33-14-21-19-8-4-2-6-17(19)18-7-3-5-9-20(18)21/h2-9,16,21-22H,10-15H2,1H3,(H,26,31)(H,29,30). The Hall–Kier alpha value is -3.39. The Kier molecular flexibility index (Phi) is 6.93. The molecule has 8 nitrogen and oxygen atoms in total. The zero-order valence-electron chi connectivity index (χ0n) is 18.5. The number of ether oxygens (including phenoxy) is 2. The zero-order valence-corrected chi connectivity index (χ0v) is 18.5. The number of aliphatic carboxylic acids is 1. The van der Waals surface area contributed by atoms with E-state index in [-0.39, 0.29) is 44.0 Å². The van der Waals surface area contributed by atoms with Gasteiger partial charge in [-0.25, -0.2) is 9.59 Å². The van der Waals surface area contributed by atoms with Crippen molar-refractivity contribution in [2.24, 2.45) is 0 Å². The number of morpholine rings is 1. The van der Waals surface area contributed by atoms with E-state index in [1.807, 2.05) is 24.3 Å². The normalized spacial score (nSPS) is 18.2. The van der Waals surface area contributed by atoms with Crippen LogP contribution in [0.2, 0.25) is 0 Å². The summed E-state index contributed by atoms with van der Waals surface area (Å²) in [5.41, 5.74) is 4.61. The molecule has 0 bridgehead atoms. The van der Waals surface area contributed by atoms with Crippen LogP contribution in [0.15, 0.2) is 48.5 Å². The van der Waals surface area contributed by atoms with E-state index < -0.39 is 18.1 Å². The van der Waals surface area contributed by atoms with Crippen molar-refractivity contribution in [3.63, 3.8) is 0 Å². The van der Waals surface area contributed by atoms with E-state index in [0.29, 0.717) is 13.0 Å². The number of alkyl carbamates (subject to hydrolysis) is 1. The molecule has 2 amide bonds. The van der Waals surface area contributed by atoms with Crippen LogP contribution in [0, 0.1) is 0 Å². The van der Waals surface area contributed by atoms with Gasteiger partial charge >= 0.3 is 12.1 Å². The van der Waals surface area contributed by atoms with Crippen LogP contribution < -0.4 is 5.32 Å². The number of nitrogens with zero attached hydrogens (tertiary/aromatic N) is 1. The summed E-state index contributed by atoms with van der Waals surface area (Å²) in [5, 5.41) is 12.0. The second kappa shape index (κ2) is 10.0. The molecule has 2 N–H and O–H groups in total. The van der Waals surface area contributed by atoms with Crippen molar-refractivity contribution in [2.45, 2.75) is 37.8 Å². The average molecular weight is 453 g/mol. The maximum absolute atomic E-state index is 12.5. The molecule has 8 heteroatoms. The predicted octanol–water partition coefficient (Wildman–Crippen LogP) is 3.01. The van der Waals surface area contributed by atoms with Gasteiger partial charge in [0.05, 0.1) is 13.2 Å². The number of carbonyl (C=O) groups is 3. The molecule has 2 aliphatic rings. The van der Waals surface area contributed by atoms with Crippen LogP contribution in [0.4, 0.5) is 4.79 Å². The maximum atomic E-state index is 12.5. The summed E-state index contributed by atoms with van der Waals surface area (Å²) in [7, 11) is 0. The van der Waals surface area contributed by atoms with Gasteiger partial charge in [-0.3, -0.25) is 4.79 Å². The number of hydrogen-bond acceptors (Lipinski definition) is 5. The molecule has 0 radical (unpaired) electrons. The van der Waals surface area contributed by atoms with E-state index in [1.54, 1.807) is 6.92 Å². The van der Waals surface area contributed by atoms with E-state index in [4.69, 9.17) is 9.47 Å². The molecule has 1 aliphatic carbocycles. The van der Waals surface area contributed by atoms with E-state index in [2.05, 4.69) is 29.6 Å². The second-order valence-electron chi connectivity index (χ2n) is 8.43. The van der Waals surface area contributed by atoms with Crippen molar-refractivity contribution in [1.82, 2.24) is 10.2 Å². The van der Waals surface area contributed by atoms with Gasteiger partial charge < -0.3 is 24.8 Å². The Morgan fingerprint density at radius 1 is 1.12 bits per heavy atom. The van der Waals surface area contributed by atoms with Crippen LogP contribution in [-0.4, -0.2) is 66.4 Å². The molecule has 2 atom stereocenters. The summed E-state index contributed by atoms with van der Waals surface area (Å²) in [5.74, 6) is -1.35. The number of carboxylic acids is 1. The number of fused-ring (bicyclic) bond motifs is 3. The molecule has 1 saturated heterocycles. The molecular formula is C25H28N2O6. The van der Waals surface area contributed by atoms with E-state index in [9.17, 15) is 19.5 Å². The smallest absolute Gasteiger partial charge is 0.407 e. The number of carboxylic acid groups (broad SMARTS) is 1. The minimum Gasteiger partial charge on any atom is -0.480 e. The summed E-state index contributed by atoms with van der Waals surface area (Å²) >= 11 is 0. The number of hydrogen-bond donors (Lipinski definition) is 2. The molecule has 4 rings (SSSR count). The first-order valence-electron chi connectivity index (χ1n) is 11.2. The third-order valence-electron chi connectivity index (χ3n) is 6.23. The molecule has 1 aliphatic heterocycles. The fourth-order valence-electron chi connectivity index (χ4n) is 4.50. The summed E-state index contributed by atoms with van der Waals surface area (Å²) in [6, 6.07) is 15.0. The number of benzene rings is 2. The van der Waals surface area contributed by atoms with Crippen LogP contribution in [-0.2, 0) is 19.1 Å². The van der Waals surface area contributed by atoms with Crippen molar-refractivity contribution >= 4 is 18.0 Å². The molecule has 0 aromatic heterocycles. The molecular weight excluding hydrogens is 424 g/mol. The Labute approximate surface area is 192 Å². The van der Waals surface area contributed by atoms with Gasteiger partial charge in [-0.2, -0.15) is 0 Å². The molecule has 1 fully saturated rings. The van der Waals surface area contributed by atoms with Gasteiger partial charge in [0.15, 0.2) is 6.04 Å². The highest BCUT2D eigenvalue weighted by molar-refractivity contribution is 5.84. The lowest BCUT2D eigenvalue weighted by Crippen LogP contribution is -2.52. The Morgan fingerprint density at radius 2 is 1.76 bits per heavy atom. The summed E-state index contributed by atoms with van der Waals surface area (Å²) in [6.45, 7) is 2.59. The zero-order chi connectivity index (χ0) is 23.4. The Bertz CT molecular complexity index is 994. The summed E-state index contributed by atoms with van der Waals surface area (Å²) < 4.78 is 10.7. The largest absolute Gasteiger partial charge is 0.480 e. The third kappa shape index (κ3) is 5.01. The number of nitrogens with one attached hydrogen (secondary N) is 1. The molecule has 33 heavy (non-hydrogen) atoms. The van der Waals surface area contributed by atoms with Crippen LogP contribution in [0.3, 0.4) is 0 Å². The van der Waals surface area contributed by atoms with Gasteiger partial charge in [-0.1, -0.05) is 48.5 Å². The SMILES string of the molecule is CC(CCC(=O)N1CCOCC1C(=O)O)NC(=O)OCC1c2ccccc2-c2ccccc21. The molecule has 0 spiro atoms. The highest BCUT2D eigenvalue weighted by Gasteiger charge is 2.33. The minimum absolute atomic E-state index is 0.00533. The predicted molar refractivity (Wildman–Crippen MR) is 121 cm³/mol. The molecule has 2 unspecified atom stereocenters. The summed E-state index contributed by atoms with van der Waals surface area (Å²) in [4.78, 5) is 37.6. The van der Waals surface area contributed by atoms with Gasteiger partial charge in [0.2, 0.25) is 5.91 Å². The van der Waals surface area contributed by atoms with Crippen molar-refractivity contribution in [1.29, 1.82) is 0 Å². The molecule has 1 heterocycles. The summed E-state index contributed by atoms with van der Waals surface area (Å²) in [6.07, 6.45) is -0.0204. The van der Waals surface area contributed by atoms with Gasteiger partial charge in [-0.05, 0) is 35.6 Å². The number of amides is 2. The third-order valence-corrected chi connectivity index (χ3v) is 6.23. The Balaban J connectivity index is 1.27. The second-order valence-corrected chi connectivity index (χ2v) is 8.43. The topological polar surface area (TPSA) is 105 Å². The average Bonchev–Trinajstić information content (AvgIpc) is 3.15. The lowest BCUT2D eigenvalue weighted by Gasteiger charge is -2.33. The lowest BCUT2D eigenvalue weighted by atomic mass is 9.98. The first-order valence-corrected chi connectivity index (χ1v) is 11.2. The van der Waals surface area contributed by atoms with Crippen LogP contribution in [0.1, 0.15) is 36.8 Å². The van der Waals surface area contributed by atoms with Gasteiger partial charge in [0, 0.05) is 24.9 Å². The lowest BCUT2D eigenvalue weighted by molar-refractivity contribution is -0.158. The van der Waals surface area contributed by atoms with Gasteiger partial charge in [0.25, 0.3) is 0 Å². The molecule has 2 aromatic rings. The number of carbonyl (C=O) groups excluding carboxylic acids is 2. The van der Waals surface area contributed by atoms with Crippen molar-refractivity contribution < 1.29 is 29.0 Å². The monoisotopic (exact) mass is 452 g/mol. The van der Waals surface area contributed by atoms with Gasteiger partial charge in [-0.15, -0.1) is 0 Å². The fraction of sp³-hybridized carbons (Fsp3) is 0.400. The highest BCUT2D eigenvalue weighted by atomic mass is 16.5. The minimum atomic E-state index is -1.08. The maximum Gasteiger partial charge on any atom is 0.407 e. The van der Waals surface area contributed by atoms with Crippen LogP contribution in [0.5, 0.6) is 0 Å².